The lowest BCUT2D eigenvalue weighted by atomic mass is 9.65. The molecule has 1 aromatic carbocycles. The predicted octanol–water partition coefficient (Wildman–Crippen LogP) is 7.45. The van der Waals surface area contributed by atoms with Crippen molar-refractivity contribution in [2.45, 2.75) is 138 Å². The topological polar surface area (TPSA) is 44.8 Å². The zero-order chi connectivity index (χ0) is 26.1. The Balaban J connectivity index is 1.71. The second kappa shape index (κ2) is 9.01. The van der Waals surface area contributed by atoms with E-state index in [0.29, 0.717) is 11.8 Å². The molecular formula is C30H48O4SSi. The van der Waals surface area contributed by atoms with Crippen molar-refractivity contribution < 1.29 is 18.1 Å². The van der Waals surface area contributed by atoms with Crippen LogP contribution < -0.4 is 0 Å². The van der Waals surface area contributed by atoms with Crippen molar-refractivity contribution in [2.24, 2.45) is 17.3 Å². The molecule has 3 saturated carbocycles. The van der Waals surface area contributed by atoms with Gasteiger partial charge in [0.2, 0.25) is 0 Å². The van der Waals surface area contributed by atoms with E-state index in [1.54, 1.807) is 0 Å². The fourth-order valence-electron chi connectivity index (χ4n) is 8.01. The molecule has 4 fully saturated rings. The molecule has 4 unspecified atom stereocenters. The Kier molecular flexibility index (Phi) is 6.77. The molecule has 1 saturated heterocycles. The van der Waals surface area contributed by atoms with Gasteiger partial charge in [-0.3, -0.25) is 4.21 Å². The maximum atomic E-state index is 14.5. The molecule has 0 aromatic heterocycles. The molecule has 1 heterocycles. The van der Waals surface area contributed by atoms with E-state index in [9.17, 15) is 4.21 Å². The third kappa shape index (κ3) is 4.04. The molecule has 3 aliphatic carbocycles. The van der Waals surface area contributed by atoms with Gasteiger partial charge in [-0.1, -0.05) is 58.7 Å². The van der Waals surface area contributed by atoms with E-state index < -0.39 is 30.5 Å². The SMILES string of the molecule is C[C@@H]1CC23CCCCC(CC[C@H](S(=O)c4ccccc4)[C@@]24OC(C)(C)O[C@@H]14)C3O[Si](C)(C)C(C)(C)C. The summed E-state index contributed by atoms with van der Waals surface area (Å²) in [7, 11) is -3.24. The zero-order valence-electron chi connectivity index (χ0n) is 23.8. The number of hydrogen-bond donors (Lipinski definition) is 0. The van der Waals surface area contributed by atoms with E-state index in [-0.39, 0.29) is 27.9 Å². The van der Waals surface area contributed by atoms with Crippen LogP contribution in [0.4, 0.5) is 0 Å². The van der Waals surface area contributed by atoms with Crippen LogP contribution >= 0.6 is 0 Å². The lowest BCUT2D eigenvalue weighted by Crippen LogP contribution is -2.64. The van der Waals surface area contributed by atoms with Crippen molar-refractivity contribution >= 4 is 19.1 Å². The summed E-state index contributed by atoms with van der Waals surface area (Å²) >= 11 is 0. The third-order valence-electron chi connectivity index (χ3n) is 10.4. The first kappa shape index (κ1) is 27.0. The monoisotopic (exact) mass is 532 g/mol. The van der Waals surface area contributed by atoms with E-state index in [4.69, 9.17) is 13.9 Å². The fourth-order valence-corrected chi connectivity index (χ4v) is 11.3. The third-order valence-corrected chi connectivity index (χ3v) is 16.7. The first-order valence-corrected chi connectivity index (χ1v) is 18.4. The Labute approximate surface area is 222 Å². The summed E-state index contributed by atoms with van der Waals surface area (Å²) in [6.07, 6.45) is 7.75. The number of hydrogen-bond acceptors (Lipinski definition) is 4. The van der Waals surface area contributed by atoms with Gasteiger partial charge in [-0.15, -0.1) is 0 Å². The molecule has 202 valence electrons. The maximum Gasteiger partial charge on any atom is 0.192 e. The molecule has 8 atom stereocenters. The van der Waals surface area contributed by atoms with Crippen LogP contribution in [0.5, 0.6) is 0 Å². The van der Waals surface area contributed by atoms with Crippen molar-refractivity contribution in [1.82, 2.24) is 0 Å². The number of ether oxygens (including phenoxy) is 2. The van der Waals surface area contributed by atoms with Gasteiger partial charge in [0.25, 0.3) is 0 Å². The van der Waals surface area contributed by atoms with Crippen molar-refractivity contribution in [3.8, 4) is 0 Å². The van der Waals surface area contributed by atoms with Crippen molar-refractivity contribution in [3.05, 3.63) is 30.3 Å². The largest absolute Gasteiger partial charge is 0.413 e. The van der Waals surface area contributed by atoms with E-state index in [0.717, 1.165) is 30.6 Å². The molecule has 6 heteroatoms. The van der Waals surface area contributed by atoms with Crippen LogP contribution in [0.2, 0.25) is 18.1 Å². The smallest absolute Gasteiger partial charge is 0.192 e. The van der Waals surface area contributed by atoms with E-state index in [1.165, 1.54) is 19.3 Å². The van der Waals surface area contributed by atoms with Gasteiger partial charge in [-0.2, -0.15) is 0 Å². The molecule has 0 N–H and O–H groups in total. The van der Waals surface area contributed by atoms with Gasteiger partial charge in [0.1, 0.15) is 5.60 Å². The highest BCUT2D eigenvalue weighted by atomic mass is 32.2. The van der Waals surface area contributed by atoms with Crippen LogP contribution in [-0.2, 0) is 24.7 Å². The van der Waals surface area contributed by atoms with Gasteiger partial charge in [0.15, 0.2) is 14.1 Å². The van der Waals surface area contributed by atoms with Crippen LogP contribution in [0, 0.1) is 17.3 Å². The molecule has 1 aromatic rings. The number of rotatable bonds is 4. The quantitative estimate of drug-likeness (QED) is 0.378. The Morgan fingerprint density at radius 2 is 1.75 bits per heavy atom. The van der Waals surface area contributed by atoms with Gasteiger partial charge in [-0.05, 0) is 88.1 Å². The van der Waals surface area contributed by atoms with Crippen molar-refractivity contribution in [3.63, 3.8) is 0 Å². The summed E-state index contributed by atoms with van der Waals surface area (Å²) in [5.74, 6) is 0.123. The normalized spacial score (nSPS) is 41.2. The van der Waals surface area contributed by atoms with Crippen LogP contribution in [0.1, 0.15) is 86.5 Å². The number of fused-ring (bicyclic) bond motifs is 1. The van der Waals surface area contributed by atoms with Crippen molar-refractivity contribution in [2.75, 3.05) is 0 Å². The average Bonchev–Trinajstić information content (AvgIpc) is 3.08. The van der Waals surface area contributed by atoms with Crippen LogP contribution in [0.15, 0.2) is 35.2 Å². The van der Waals surface area contributed by atoms with Gasteiger partial charge in [0, 0.05) is 10.3 Å². The highest BCUT2D eigenvalue weighted by Gasteiger charge is 2.77. The molecule has 5 rings (SSSR count). The van der Waals surface area contributed by atoms with Gasteiger partial charge in [-0.25, -0.2) is 0 Å². The Morgan fingerprint density at radius 1 is 1.06 bits per heavy atom. The molecular weight excluding hydrogens is 484 g/mol. The maximum absolute atomic E-state index is 14.5. The average molecular weight is 533 g/mol. The van der Waals surface area contributed by atoms with Crippen LogP contribution in [-0.4, -0.2) is 41.4 Å². The lowest BCUT2D eigenvalue weighted by molar-refractivity contribution is -0.212. The minimum absolute atomic E-state index is 0.0625. The van der Waals surface area contributed by atoms with Gasteiger partial charge in [0.05, 0.1) is 28.3 Å². The second-order valence-electron chi connectivity index (χ2n) is 14.2. The molecule has 2 bridgehead atoms. The minimum Gasteiger partial charge on any atom is -0.413 e. The predicted molar refractivity (Wildman–Crippen MR) is 149 cm³/mol. The van der Waals surface area contributed by atoms with Crippen LogP contribution in [0.25, 0.3) is 0 Å². The van der Waals surface area contributed by atoms with Crippen molar-refractivity contribution in [1.29, 1.82) is 0 Å². The second-order valence-corrected chi connectivity index (χ2v) is 20.5. The summed E-state index contributed by atoms with van der Waals surface area (Å²) in [4.78, 5) is 0.912. The standard InChI is InChI=1S/C30H48O4SSi/c1-21-20-29-19-13-12-14-22(26(29)33-36(7,8)27(2,3)4)17-18-24(35(31)23-15-10-9-11-16-23)30(29)25(21)32-28(5,6)34-30/h9-11,15-16,21-22,24-26H,12-14,17-20H2,1-8H3/t21-,22?,24+,25+,26?,29?,30+,35?/m1/s1. The summed E-state index contributed by atoms with van der Waals surface area (Å²) in [5, 5.41) is 0.0271. The fraction of sp³-hybridized carbons (Fsp3) is 0.800. The highest BCUT2D eigenvalue weighted by Crippen LogP contribution is 2.69. The summed E-state index contributed by atoms with van der Waals surface area (Å²) in [6, 6.07) is 10.1. The molecule has 0 amide bonds. The lowest BCUT2D eigenvalue weighted by Gasteiger charge is -2.54. The zero-order valence-corrected chi connectivity index (χ0v) is 25.6. The van der Waals surface area contributed by atoms with E-state index in [1.807, 2.05) is 30.3 Å². The molecule has 4 aliphatic rings. The highest BCUT2D eigenvalue weighted by molar-refractivity contribution is 7.85. The number of benzene rings is 1. The summed E-state index contributed by atoms with van der Waals surface area (Å²) in [5.41, 5.74) is -0.796. The minimum atomic E-state index is -2.06. The molecule has 2 spiro atoms. The Morgan fingerprint density at radius 3 is 2.42 bits per heavy atom. The molecule has 4 nitrogen and oxygen atoms in total. The first-order chi connectivity index (χ1) is 16.7. The van der Waals surface area contributed by atoms with E-state index >= 15 is 0 Å². The molecule has 1 aliphatic heterocycles. The van der Waals surface area contributed by atoms with Gasteiger partial charge >= 0.3 is 0 Å². The summed E-state index contributed by atoms with van der Waals surface area (Å²) in [6.45, 7) is 18.3. The molecule has 36 heavy (non-hydrogen) atoms. The summed E-state index contributed by atoms with van der Waals surface area (Å²) < 4.78 is 36.1. The van der Waals surface area contributed by atoms with Gasteiger partial charge < -0.3 is 13.9 Å². The van der Waals surface area contributed by atoms with Crippen LogP contribution in [0.3, 0.4) is 0 Å². The first-order valence-electron chi connectivity index (χ1n) is 14.3. The molecule has 0 radical (unpaired) electrons. The Hall–Kier alpha value is -0.533. The Bertz CT molecular complexity index is 988. The van der Waals surface area contributed by atoms with E-state index in [2.05, 4.69) is 54.6 Å².